The van der Waals surface area contributed by atoms with Crippen molar-refractivity contribution in [3.63, 3.8) is 0 Å². The number of halogens is 1. The summed E-state index contributed by atoms with van der Waals surface area (Å²) in [5, 5.41) is 11.8. The molecule has 112 valence electrons. The van der Waals surface area contributed by atoms with Crippen LogP contribution in [0.2, 0.25) is 4.34 Å². The molecule has 1 amide bonds. The summed E-state index contributed by atoms with van der Waals surface area (Å²) in [7, 11) is 0. The first-order valence-corrected chi connectivity index (χ1v) is 8.79. The standard InChI is InChI=1S/C15H16ClNO2S2/c16-14-6-5-13(21-14)7-17-15(19)10-20-9-12-3-1-11(8-18)2-4-12/h1-6,18H,7-10H2,(H,17,19). The Balaban J connectivity index is 1.66. The molecule has 0 saturated carbocycles. The van der Waals surface area contributed by atoms with Crippen molar-refractivity contribution < 1.29 is 9.90 Å². The lowest BCUT2D eigenvalue weighted by Gasteiger charge is -2.04. The molecule has 0 saturated heterocycles. The molecule has 0 atom stereocenters. The first-order valence-electron chi connectivity index (χ1n) is 6.44. The molecule has 0 spiro atoms. The van der Waals surface area contributed by atoms with Crippen molar-refractivity contribution in [3.05, 3.63) is 56.7 Å². The first kappa shape index (κ1) is 16.4. The van der Waals surface area contributed by atoms with E-state index in [0.717, 1.165) is 26.1 Å². The monoisotopic (exact) mass is 341 g/mol. The van der Waals surface area contributed by atoms with Gasteiger partial charge in [-0.25, -0.2) is 0 Å². The molecule has 0 aliphatic carbocycles. The molecule has 6 heteroatoms. The molecule has 0 fully saturated rings. The Labute approximate surface area is 137 Å². The summed E-state index contributed by atoms with van der Waals surface area (Å²) in [6.07, 6.45) is 0. The number of thioether (sulfide) groups is 1. The van der Waals surface area contributed by atoms with Crippen molar-refractivity contribution >= 4 is 40.6 Å². The molecule has 2 N–H and O–H groups in total. The maximum absolute atomic E-state index is 11.7. The summed E-state index contributed by atoms with van der Waals surface area (Å²) >= 11 is 8.88. The van der Waals surface area contributed by atoms with Gasteiger partial charge in [-0.2, -0.15) is 0 Å². The van der Waals surface area contributed by atoms with Crippen molar-refractivity contribution in [1.29, 1.82) is 0 Å². The molecule has 0 unspecified atom stereocenters. The number of thiophene rings is 1. The van der Waals surface area contributed by atoms with Crippen LogP contribution in [-0.4, -0.2) is 16.8 Å². The number of benzene rings is 1. The Hall–Kier alpha value is -1.01. The minimum absolute atomic E-state index is 0.0245. The fourth-order valence-corrected chi connectivity index (χ4v) is 3.53. The molecule has 2 rings (SSSR count). The van der Waals surface area contributed by atoms with Gasteiger partial charge in [0.05, 0.1) is 23.2 Å². The fraction of sp³-hybridized carbons (Fsp3) is 0.267. The van der Waals surface area contributed by atoms with Crippen LogP contribution in [0.3, 0.4) is 0 Å². The number of aliphatic hydroxyl groups is 1. The van der Waals surface area contributed by atoms with E-state index in [0.29, 0.717) is 12.3 Å². The molecule has 21 heavy (non-hydrogen) atoms. The van der Waals surface area contributed by atoms with Crippen LogP contribution in [0, 0.1) is 0 Å². The van der Waals surface area contributed by atoms with Gasteiger partial charge in [-0.05, 0) is 23.3 Å². The second kappa shape index (κ2) is 8.44. The van der Waals surface area contributed by atoms with Gasteiger partial charge >= 0.3 is 0 Å². The highest BCUT2D eigenvalue weighted by Gasteiger charge is 2.04. The molecule has 1 aromatic heterocycles. The average Bonchev–Trinajstić information content (AvgIpc) is 2.91. The number of nitrogens with one attached hydrogen (secondary N) is 1. The highest BCUT2D eigenvalue weighted by Crippen LogP contribution is 2.21. The molecule has 0 bridgehead atoms. The van der Waals surface area contributed by atoms with Crippen molar-refractivity contribution in [2.45, 2.75) is 18.9 Å². The van der Waals surface area contributed by atoms with Crippen molar-refractivity contribution in [2.24, 2.45) is 0 Å². The minimum atomic E-state index is 0.0245. The van der Waals surface area contributed by atoms with E-state index >= 15 is 0 Å². The van der Waals surface area contributed by atoms with E-state index < -0.39 is 0 Å². The molecular weight excluding hydrogens is 326 g/mol. The van der Waals surface area contributed by atoms with Crippen LogP contribution >= 0.6 is 34.7 Å². The Bertz CT molecular complexity index is 584. The average molecular weight is 342 g/mol. The second-order valence-corrected chi connectivity index (χ2v) is 7.24. The Morgan fingerprint density at radius 2 is 1.90 bits per heavy atom. The van der Waals surface area contributed by atoms with E-state index in [1.807, 2.05) is 36.4 Å². The van der Waals surface area contributed by atoms with Gasteiger partial charge < -0.3 is 10.4 Å². The zero-order valence-corrected chi connectivity index (χ0v) is 13.7. The molecule has 2 aromatic rings. The maximum atomic E-state index is 11.7. The van der Waals surface area contributed by atoms with Crippen LogP contribution in [-0.2, 0) is 23.7 Å². The molecule has 0 aliphatic heterocycles. The van der Waals surface area contributed by atoms with E-state index in [2.05, 4.69) is 5.32 Å². The summed E-state index contributed by atoms with van der Waals surface area (Å²) < 4.78 is 0.736. The van der Waals surface area contributed by atoms with Gasteiger partial charge in [0.15, 0.2) is 0 Å². The maximum Gasteiger partial charge on any atom is 0.230 e. The van der Waals surface area contributed by atoms with E-state index in [9.17, 15) is 4.79 Å². The Kier molecular flexibility index (Phi) is 6.57. The van der Waals surface area contributed by atoms with Crippen LogP contribution < -0.4 is 5.32 Å². The predicted octanol–water partition coefficient (Wildman–Crippen LogP) is 3.44. The second-order valence-electron chi connectivity index (χ2n) is 4.45. The first-order chi connectivity index (χ1) is 10.2. The summed E-state index contributed by atoms with van der Waals surface area (Å²) in [4.78, 5) is 12.8. The third-order valence-corrected chi connectivity index (χ3v) is 5.03. The van der Waals surface area contributed by atoms with Crippen LogP contribution in [0.4, 0.5) is 0 Å². The van der Waals surface area contributed by atoms with Gasteiger partial charge in [0, 0.05) is 10.6 Å². The molecule has 0 aliphatic rings. The Morgan fingerprint density at radius 1 is 1.19 bits per heavy atom. The van der Waals surface area contributed by atoms with Crippen LogP contribution in [0.15, 0.2) is 36.4 Å². The highest BCUT2D eigenvalue weighted by molar-refractivity contribution is 7.99. The van der Waals surface area contributed by atoms with Crippen molar-refractivity contribution in [1.82, 2.24) is 5.32 Å². The molecular formula is C15H16ClNO2S2. The summed E-state index contributed by atoms with van der Waals surface area (Å²) in [6.45, 7) is 0.588. The number of carbonyl (C=O) groups is 1. The fourth-order valence-electron chi connectivity index (χ4n) is 1.69. The smallest absolute Gasteiger partial charge is 0.230 e. The van der Waals surface area contributed by atoms with E-state index in [-0.39, 0.29) is 12.5 Å². The number of carbonyl (C=O) groups excluding carboxylic acids is 1. The van der Waals surface area contributed by atoms with Crippen molar-refractivity contribution in [3.8, 4) is 0 Å². The van der Waals surface area contributed by atoms with Gasteiger partial charge in [0.1, 0.15) is 0 Å². The molecule has 0 radical (unpaired) electrons. The Morgan fingerprint density at radius 3 is 2.52 bits per heavy atom. The van der Waals surface area contributed by atoms with Gasteiger partial charge in [0.25, 0.3) is 0 Å². The lowest BCUT2D eigenvalue weighted by molar-refractivity contribution is -0.118. The number of amides is 1. The van der Waals surface area contributed by atoms with Gasteiger partial charge in [-0.15, -0.1) is 23.1 Å². The normalized spacial score (nSPS) is 10.6. The highest BCUT2D eigenvalue weighted by atomic mass is 35.5. The lowest BCUT2D eigenvalue weighted by atomic mass is 10.2. The number of hydrogen-bond donors (Lipinski definition) is 2. The summed E-state index contributed by atoms with van der Waals surface area (Å²) in [6, 6.07) is 11.5. The van der Waals surface area contributed by atoms with E-state index in [1.165, 1.54) is 11.3 Å². The van der Waals surface area contributed by atoms with Gasteiger partial charge in [0.2, 0.25) is 5.91 Å². The number of rotatable bonds is 7. The molecule has 1 heterocycles. The molecule has 3 nitrogen and oxygen atoms in total. The zero-order valence-electron chi connectivity index (χ0n) is 11.3. The minimum Gasteiger partial charge on any atom is -0.392 e. The zero-order chi connectivity index (χ0) is 15.1. The van der Waals surface area contributed by atoms with E-state index in [4.69, 9.17) is 16.7 Å². The SMILES string of the molecule is O=C(CSCc1ccc(CO)cc1)NCc1ccc(Cl)s1. The van der Waals surface area contributed by atoms with Crippen LogP contribution in [0.1, 0.15) is 16.0 Å². The molecule has 1 aromatic carbocycles. The quantitative estimate of drug-likeness (QED) is 0.811. The third-order valence-electron chi connectivity index (χ3n) is 2.80. The topological polar surface area (TPSA) is 49.3 Å². The van der Waals surface area contributed by atoms with Gasteiger partial charge in [-0.3, -0.25) is 4.79 Å². The predicted molar refractivity (Wildman–Crippen MR) is 89.7 cm³/mol. The van der Waals surface area contributed by atoms with Crippen molar-refractivity contribution in [2.75, 3.05) is 5.75 Å². The number of aliphatic hydroxyl groups excluding tert-OH is 1. The van der Waals surface area contributed by atoms with Crippen LogP contribution in [0.25, 0.3) is 0 Å². The summed E-state index contributed by atoms with van der Waals surface area (Å²) in [5.41, 5.74) is 2.05. The summed E-state index contributed by atoms with van der Waals surface area (Å²) in [5.74, 6) is 1.24. The van der Waals surface area contributed by atoms with Crippen LogP contribution in [0.5, 0.6) is 0 Å². The lowest BCUT2D eigenvalue weighted by Crippen LogP contribution is -2.24. The third kappa shape index (κ3) is 5.71. The van der Waals surface area contributed by atoms with Gasteiger partial charge in [-0.1, -0.05) is 35.9 Å². The largest absolute Gasteiger partial charge is 0.392 e. The van der Waals surface area contributed by atoms with E-state index in [1.54, 1.807) is 11.8 Å². The number of hydrogen-bond acceptors (Lipinski definition) is 4.